The molecular weight excluding hydrogens is 949 g/mol. The smallest absolute Gasteiger partial charge is 0.187 e. The van der Waals surface area contributed by atoms with Crippen molar-refractivity contribution in [3.8, 4) is 0 Å². The fourth-order valence-electron chi connectivity index (χ4n) is 15.5. The zero-order valence-electron chi connectivity index (χ0n) is 42.2. The van der Waals surface area contributed by atoms with E-state index in [2.05, 4.69) is 33.8 Å². The fourth-order valence-corrected chi connectivity index (χ4v) is 15.5. The predicted octanol–water partition coefficient (Wildman–Crippen LogP) is -0.934. The third-order valence-electron chi connectivity index (χ3n) is 19.8. The van der Waals surface area contributed by atoms with E-state index < -0.39 is 148 Å². The molecule has 0 aromatic rings. The second-order valence-electron chi connectivity index (χ2n) is 23.9. The van der Waals surface area contributed by atoms with Crippen LogP contribution in [0.3, 0.4) is 0 Å². The van der Waals surface area contributed by atoms with Gasteiger partial charge in [0, 0.05) is 12.3 Å². The summed E-state index contributed by atoms with van der Waals surface area (Å²) in [6.45, 7) is 11.8. The molecule has 31 unspecified atom stereocenters. The highest BCUT2D eigenvalue weighted by Gasteiger charge is 2.69. The summed E-state index contributed by atoms with van der Waals surface area (Å²) < 4.78 is 62.5. The lowest BCUT2D eigenvalue weighted by Crippen LogP contribution is -2.67. The Hall–Kier alpha value is -1.10. The van der Waals surface area contributed by atoms with Gasteiger partial charge in [-0.1, -0.05) is 39.3 Å². The van der Waals surface area contributed by atoms with Crippen LogP contribution < -0.4 is 0 Å². The molecule has 0 radical (unpaired) electrons. The van der Waals surface area contributed by atoms with Crippen molar-refractivity contribution in [3.05, 3.63) is 11.6 Å². The molecule has 31 atom stereocenters. The lowest BCUT2D eigenvalue weighted by molar-refractivity contribution is -0.398. The third-order valence-corrected chi connectivity index (χ3v) is 19.8. The van der Waals surface area contributed by atoms with E-state index in [9.17, 15) is 56.2 Å². The van der Waals surface area contributed by atoms with E-state index in [0.717, 1.165) is 51.6 Å². The van der Waals surface area contributed by atoms with Gasteiger partial charge in [-0.2, -0.15) is 0 Å². The second kappa shape index (κ2) is 20.6. The Morgan fingerprint density at radius 2 is 1.19 bits per heavy atom. The Balaban J connectivity index is 0.861. The summed E-state index contributed by atoms with van der Waals surface area (Å²) in [5.74, 6) is 2.36. The molecule has 412 valence electrons. The number of fused-ring (bicyclic) bond motifs is 7. The van der Waals surface area contributed by atoms with E-state index in [4.69, 9.17) is 47.4 Å². The van der Waals surface area contributed by atoms with Crippen LogP contribution in [0.1, 0.15) is 99.3 Å². The first-order chi connectivity index (χ1) is 34.1. The van der Waals surface area contributed by atoms with E-state index in [1.54, 1.807) is 0 Å². The molecule has 4 aliphatic carbocycles. The average Bonchev–Trinajstić information content (AvgIpc) is 3.81. The van der Waals surface area contributed by atoms with Gasteiger partial charge in [0.15, 0.2) is 30.9 Å². The zero-order chi connectivity index (χ0) is 51.5. The van der Waals surface area contributed by atoms with Crippen LogP contribution in [0.2, 0.25) is 0 Å². The van der Waals surface area contributed by atoms with Crippen LogP contribution in [0.15, 0.2) is 11.6 Å². The summed E-state index contributed by atoms with van der Waals surface area (Å²) in [5.41, 5.74) is 1.37. The minimum absolute atomic E-state index is 0.0829. The molecule has 0 bridgehead atoms. The van der Waals surface area contributed by atoms with Crippen LogP contribution in [0, 0.1) is 46.3 Å². The van der Waals surface area contributed by atoms with Crippen LogP contribution in [0.25, 0.3) is 0 Å². The Bertz CT molecular complexity index is 1900. The fraction of sp³-hybridized carbons (Fsp3) is 0.961. The number of hydrogen-bond acceptors (Lipinski definition) is 21. The van der Waals surface area contributed by atoms with Gasteiger partial charge in [-0.15, -0.1) is 0 Å². The van der Waals surface area contributed by atoms with Gasteiger partial charge in [0.1, 0.15) is 85.5 Å². The van der Waals surface area contributed by atoms with Crippen molar-refractivity contribution < 1.29 is 104 Å². The van der Waals surface area contributed by atoms with E-state index in [1.165, 1.54) is 19.4 Å². The van der Waals surface area contributed by atoms with Gasteiger partial charge in [-0.05, 0) is 106 Å². The molecule has 0 amide bonds. The molecular formula is C51H82O21. The van der Waals surface area contributed by atoms with E-state index in [1.807, 2.05) is 0 Å². The van der Waals surface area contributed by atoms with Gasteiger partial charge in [0.05, 0.1) is 44.2 Å². The maximum atomic E-state index is 11.8. The van der Waals surface area contributed by atoms with Crippen molar-refractivity contribution in [2.24, 2.45) is 46.3 Å². The summed E-state index contributed by atoms with van der Waals surface area (Å²) in [5, 5.41) is 119. The van der Waals surface area contributed by atoms with Crippen LogP contribution in [-0.2, 0) is 47.4 Å². The SMILES string of the molecule is CC1CCC2(OC1)OC1CC3C4CC=C5CC(OC6OC(CO)C(O)C(OC7OC(C)C(OC8OC(CO)C(O)C(O)C8O)C(O)C7O)C6OC6OC(C)C(O)C(O)C6O)CCC5(C)C4CCC3(C)C1C2C. The number of aliphatic hydroxyl groups excluding tert-OH is 11. The number of hydrogen-bond donors (Lipinski definition) is 11. The number of allylic oxidation sites excluding steroid dienone is 1. The maximum absolute atomic E-state index is 11.8. The lowest BCUT2D eigenvalue weighted by atomic mass is 9.47. The van der Waals surface area contributed by atoms with Gasteiger partial charge >= 0.3 is 0 Å². The minimum Gasteiger partial charge on any atom is -0.394 e. The molecule has 0 aromatic heterocycles. The zero-order valence-corrected chi connectivity index (χ0v) is 42.2. The van der Waals surface area contributed by atoms with Crippen molar-refractivity contribution >= 4 is 0 Å². The molecule has 10 rings (SSSR count). The lowest BCUT2D eigenvalue weighted by Gasteiger charge is -2.59. The number of rotatable bonds is 10. The van der Waals surface area contributed by atoms with Gasteiger partial charge in [-0.3, -0.25) is 0 Å². The molecule has 72 heavy (non-hydrogen) atoms. The highest BCUT2D eigenvalue weighted by atomic mass is 16.8. The first-order valence-corrected chi connectivity index (χ1v) is 26.7. The van der Waals surface area contributed by atoms with Crippen LogP contribution in [0.4, 0.5) is 0 Å². The predicted molar refractivity (Wildman–Crippen MR) is 245 cm³/mol. The van der Waals surface area contributed by atoms with Gasteiger partial charge in [0.25, 0.3) is 0 Å². The Labute approximate surface area is 420 Å². The van der Waals surface area contributed by atoms with Gasteiger partial charge in [0.2, 0.25) is 0 Å². The molecule has 1 spiro atoms. The highest BCUT2D eigenvalue weighted by Crippen LogP contribution is 2.71. The molecule has 11 N–H and O–H groups in total. The number of ether oxygens (including phenoxy) is 10. The summed E-state index contributed by atoms with van der Waals surface area (Å²) in [4.78, 5) is 0. The van der Waals surface area contributed by atoms with E-state index in [0.29, 0.717) is 48.3 Å². The number of aliphatic hydroxyl groups is 11. The highest BCUT2D eigenvalue weighted by molar-refractivity contribution is 5.26. The van der Waals surface area contributed by atoms with Gasteiger partial charge < -0.3 is 104 Å². The molecule has 6 aliphatic heterocycles. The standard InChI is InChI=1S/C51H82O21/c1-20-9-14-51(63-19-20)21(2)32-29(72-51)16-28-26-8-7-24-15-25(10-12-49(24,5)27(26)11-13-50(28,32)6)66-48-44(71-45-39(60)36(57)33(54)22(3)64-45)43(35(56)31(18-53)68-48)70-46-41(62)38(59)42(23(4)65-46)69-47-40(61)37(58)34(55)30(17-52)67-47/h7,20-23,25-48,52-62H,8-19H2,1-6H3. The van der Waals surface area contributed by atoms with Crippen LogP contribution >= 0.6 is 0 Å². The average molecular weight is 1030 g/mol. The van der Waals surface area contributed by atoms with Crippen molar-refractivity contribution in [1.29, 1.82) is 0 Å². The largest absolute Gasteiger partial charge is 0.394 e. The molecule has 0 aromatic carbocycles. The van der Waals surface area contributed by atoms with Crippen LogP contribution in [-0.4, -0.2) is 217 Å². The Kier molecular flexibility index (Phi) is 15.5. The quantitative estimate of drug-likeness (QED) is 0.118. The monoisotopic (exact) mass is 1030 g/mol. The first-order valence-electron chi connectivity index (χ1n) is 26.7. The van der Waals surface area contributed by atoms with Gasteiger partial charge in [-0.25, -0.2) is 0 Å². The summed E-state index contributed by atoms with van der Waals surface area (Å²) >= 11 is 0. The molecule has 10 aliphatic rings. The molecule has 6 heterocycles. The molecule has 9 fully saturated rings. The summed E-state index contributed by atoms with van der Waals surface area (Å²) in [6.07, 6.45) is -21.0. The van der Waals surface area contributed by atoms with Crippen molar-refractivity contribution in [1.82, 2.24) is 0 Å². The topological polar surface area (TPSA) is 315 Å². The third kappa shape index (κ3) is 9.09. The van der Waals surface area contributed by atoms with E-state index in [-0.39, 0.29) is 16.9 Å². The molecule has 3 saturated carbocycles. The molecule has 21 nitrogen and oxygen atoms in total. The maximum Gasteiger partial charge on any atom is 0.187 e. The Morgan fingerprint density at radius 3 is 1.88 bits per heavy atom. The van der Waals surface area contributed by atoms with Crippen molar-refractivity contribution in [2.75, 3.05) is 19.8 Å². The second-order valence-corrected chi connectivity index (χ2v) is 23.9. The van der Waals surface area contributed by atoms with Crippen molar-refractivity contribution in [3.63, 3.8) is 0 Å². The molecule has 6 saturated heterocycles. The van der Waals surface area contributed by atoms with Crippen molar-refractivity contribution in [2.45, 2.75) is 240 Å². The summed E-state index contributed by atoms with van der Waals surface area (Å²) in [6, 6.07) is 0. The first kappa shape index (κ1) is 54.3. The summed E-state index contributed by atoms with van der Waals surface area (Å²) in [7, 11) is 0. The molecule has 21 heteroatoms. The van der Waals surface area contributed by atoms with E-state index >= 15 is 0 Å². The Morgan fingerprint density at radius 1 is 0.583 bits per heavy atom. The van der Waals surface area contributed by atoms with Crippen LogP contribution in [0.5, 0.6) is 0 Å². The minimum atomic E-state index is -1.92. The normalized spacial score (nSPS) is 57.8.